The first-order chi connectivity index (χ1) is 11.7. The van der Waals surface area contributed by atoms with Crippen molar-refractivity contribution in [2.75, 3.05) is 11.0 Å². The molecule has 7 heteroatoms. The Kier molecular flexibility index (Phi) is 4.51. The molecule has 0 fully saturated rings. The van der Waals surface area contributed by atoms with E-state index >= 15 is 0 Å². The van der Waals surface area contributed by atoms with E-state index in [2.05, 4.69) is 4.72 Å². The largest absolute Gasteiger partial charge is 0.332 e. The molecule has 0 saturated heterocycles. The van der Waals surface area contributed by atoms with Crippen LogP contribution in [0.3, 0.4) is 0 Å². The molecule has 1 aliphatic rings. The normalized spacial score (nSPS) is 14.1. The van der Waals surface area contributed by atoms with Gasteiger partial charge in [0.15, 0.2) is 0 Å². The number of hydrogen-bond acceptors (Lipinski definition) is 3. The zero-order valence-corrected chi connectivity index (χ0v) is 15.8. The molecule has 132 valence electrons. The number of benzene rings is 2. The van der Waals surface area contributed by atoms with Gasteiger partial charge in [-0.1, -0.05) is 23.7 Å². The number of rotatable bonds is 4. The van der Waals surface area contributed by atoms with Crippen LogP contribution in [0.15, 0.2) is 36.4 Å². The molecule has 2 aromatic carbocycles. The number of nitrogens with one attached hydrogen (secondary N) is 1. The maximum atomic E-state index is 12.5. The molecule has 1 amide bonds. The molecular weight excluding hydrogens is 360 g/mol. The maximum Gasteiger partial charge on any atom is 0.256 e. The van der Waals surface area contributed by atoms with Gasteiger partial charge in [-0.05, 0) is 54.8 Å². The fraction of sp³-hybridized carbons (Fsp3) is 0.278. The summed E-state index contributed by atoms with van der Waals surface area (Å²) in [5, 5.41) is 0.419. The molecule has 2 aromatic rings. The quantitative estimate of drug-likeness (QED) is 0.881. The van der Waals surface area contributed by atoms with Crippen molar-refractivity contribution in [3.63, 3.8) is 0 Å². The predicted molar refractivity (Wildman–Crippen MR) is 100 cm³/mol. The van der Waals surface area contributed by atoms with Gasteiger partial charge in [0.2, 0.25) is 10.0 Å². The van der Waals surface area contributed by atoms with Gasteiger partial charge in [-0.15, -0.1) is 0 Å². The summed E-state index contributed by atoms with van der Waals surface area (Å²) >= 11 is 6.38. The Hall–Kier alpha value is -2.05. The van der Waals surface area contributed by atoms with Crippen molar-refractivity contribution in [1.82, 2.24) is 4.90 Å². The number of sulfonamides is 1. The van der Waals surface area contributed by atoms with Gasteiger partial charge >= 0.3 is 0 Å². The van der Waals surface area contributed by atoms with Crippen LogP contribution in [0.4, 0.5) is 5.69 Å². The molecule has 1 heterocycles. The van der Waals surface area contributed by atoms with Gasteiger partial charge in [0.1, 0.15) is 0 Å². The zero-order valence-electron chi connectivity index (χ0n) is 14.2. The van der Waals surface area contributed by atoms with Crippen LogP contribution in [0.25, 0.3) is 11.1 Å². The lowest BCUT2D eigenvalue weighted by Gasteiger charge is -2.19. The standard InChI is InChI=1S/C18H19ClN2O3S/c1-11(2)21-10-14-7-13(9-16(19)17(14)18(21)22)12-5-4-6-15(8-12)20-25(3,23)24/h4-9,11,20H,10H2,1-3H3. The molecule has 0 aliphatic carbocycles. The Morgan fingerprint density at radius 3 is 2.52 bits per heavy atom. The number of nitrogens with zero attached hydrogens (tertiary/aromatic N) is 1. The van der Waals surface area contributed by atoms with Gasteiger partial charge in [0.05, 0.1) is 16.8 Å². The van der Waals surface area contributed by atoms with Crippen molar-refractivity contribution in [2.24, 2.45) is 0 Å². The van der Waals surface area contributed by atoms with Gasteiger partial charge < -0.3 is 4.90 Å². The van der Waals surface area contributed by atoms with E-state index in [4.69, 9.17) is 11.6 Å². The Bertz CT molecular complexity index is 955. The minimum atomic E-state index is -3.35. The number of fused-ring (bicyclic) bond motifs is 1. The summed E-state index contributed by atoms with van der Waals surface area (Å²) in [6.07, 6.45) is 1.11. The zero-order chi connectivity index (χ0) is 18.4. The SMILES string of the molecule is CC(C)N1Cc2cc(-c3cccc(NS(C)(=O)=O)c3)cc(Cl)c2C1=O. The second kappa shape index (κ2) is 6.35. The van der Waals surface area contributed by atoms with E-state index in [-0.39, 0.29) is 11.9 Å². The predicted octanol–water partition coefficient (Wildman–Crippen LogP) is 3.74. The van der Waals surface area contributed by atoms with Crippen molar-refractivity contribution >= 4 is 33.2 Å². The first-order valence-electron chi connectivity index (χ1n) is 7.87. The molecule has 0 radical (unpaired) electrons. The molecule has 0 aromatic heterocycles. The van der Waals surface area contributed by atoms with E-state index in [9.17, 15) is 13.2 Å². The summed E-state index contributed by atoms with van der Waals surface area (Å²) in [5.41, 5.74) is 3.61. The highest BCUT2D eigenvalue weighted by Gasteiger charge is 2.31. The number of hydrogen-bond donors (Lipinski definition) is 1. The van der Waals surface area contributed by atoms with Gasteiger partial charge in [-0.2, -0.15) is 0 Å². The topological polar surface area (TPSA) is 66.5 Å². The summed E-state index contributed by atoms with van der Waals surface area (Å²) in [5.74, 6) is -0.0472. The van der Waals surface area contributed by atoms with Crippen LogP contribution < -0.4 is 4.72 Å². The molecule has 5 nitrogen and oxygen atoms in total. The van der Waals surface area contributed by atoms with Gasteiger partial charge in [-0.25, -0.2) is 8.42 Å². The van der Waals surface area contributed by atoms with E-state index in [0.717, 1.165) is 22.9 Å². The number of carbonyl (C=O) groups excluding carboxylic acids is 1. The third-order valence-electron chi connectivity index (χ3n) is 4.11. The Labute approximate surface area is 152 Å². The first-order valence-corrected chi connectivity index (χ1v) is 10.1. The van der Waals surface area contributed by atoms with Crippen LogP contribution in [0.5, 0.6) is 0 Å². The van der Waals surface area contributed by atoms with Crippen LogP contribution in [-0.2, 0) is 16.6 Å². The van der Waals surface area contributed by atoms with E-state index in [1.807, 2.05) is 26.0 Å². The van der Waals surface area contributed by atoms with Crippen molar-refractivity contribution in [3.05, 3.63) is 52.5 Å². The molecule has 0 unspecified atom stereocenters. The van der Waals surface area contributed by atoms with E-state index in [1.54, 1.807) is 29.2 Å². The van der Waals surface area contributed by atoms with Crippen LogP contribution in [-0.4, -0.2) is 31.5 Å². The van der Waals surface area contributed by atoms with Gasteiger partial charge in [-0.3, -0.25) is 9.52 Å². The Balaban J connectivity index is 2.02. The number of halogens is 1. The minimum absolute atomic E-state index is 0.0472. The number of amides is 1. The molecule has 25 heavy (non-hydrogen) atoms. The number of anilines is 1. The smallest absolute Gasteiger partial charge is 0.256 e. The monoisotopic (exact) mass is 378 g/mol. The van der Waals surface area contributed by atoms with Crippen molar-refractivity contribution in [3.8, 4) is 11.1 Å². The summed E-state index contributed by atoms with van der Waals surface area (Å²) in [6, 6.07) is 10.9. The van der Waals surface area contributed by atoms with E-state index in [0.29, 0.717) is 22.8 Å². The van der Waals surface area contributed by atoms with Gasteiger partial charge in [0.25, 0.3) is 5.91 Å². The van der Waals surface area contributed by atoms with Crippen LogP contribution in [0, 0.1) is 0 Å². The average molecular weight is 379 g/mol. The third kappa shape index (κ3) is 3.65. The lowest BCUT2D eigenvalue weighted by atomic mass is 10.00. The molecular formula is C18H19ClN2O3S. The number of carbonyl (C=O) groups is 1. The molecule has 0 spiro atoms. The third-order valence-corrected chi connectivity index (χ3v) is 5.01. The highest BCUT2D eigenvalue weighted by molar-refractivity contribution is 7.92. The minimum Gasteiger partial charge on any atom is -0.332 e. The first kappa shape index (κ1) is 17.8. The lowest BCUT2D eigenvalue weighted by molar-refractivity contribution is 0.0731. The van der Waals surface area contributed by atoms with Gasteiger partial charge in [0, 0.05) is 18.3 Å². The maximum absolute atomic E-state index is 12.5. The van der Waals surface area contributed by atoms with E-state index in [1.165, 1.54) is 0 Å². The lowest BCUT2D eigenvalue weighted by Crippen LogP contribution is -2.30. The molecule has 3 rings (SSSR count). The van der Waals surface area contributed by atoms with Crippen molar-refractivity contribution in [2.45, 2.75) is 26.4 Å². The molecule has 1 N–H and O–H groups in total. The summed E-state index contributed by atoms with van der Waals surface area (Å²) in [6.45, 7) is 4.47. The summed E-state index contributed by atoms with van der Waals surface area (Å²) in [7, 11) is -3.35. The Morgan fingerprint density at radius 2 is 1.88 bits per heavy atom. The highest BCUT2D eigenvalue weighted by Crippen LogP contribution is 2.35. The summed E-state index contributed by atoms with van der Waals surface area (Å²) in [4.78, 5) is 14.3. The van der Waals surface area contributed by atoms with E-state index < -0.39 is 10.0 Å². The second-order valence-electron chi connectivity index (χ2n) is 6.47. The molecule has 0 saturated carbocycles. The van der Waals surface area contributed by atoms with Crippen LogP contribution in [0.2, 0.25) is 5.02 Å². The summed E-state index contributed by atoms with van der Waals surface area (Å²) < 4.78 is 25.3. The van der Waals surface area contributed by atoms with Crippen LogP contribution >= 0.6 is 11.6 Å². The fourth-order valence-corrected chi connectivity index (χ4v) is 3.86. The highest BCUT2D eigenvalue weighted by atomic mass is 35.5. The second-order valence-corrected chi connectivity index (χ2v) is 8.63. The fourth-order valence-electron chi connectivity index (χ4n) is 2.99. The Morgan fingerprint density at radius 1 is 1.16 bits per heavy atom. The van der Waals surface area contributed by atoms with Crippen molar-refractivity contribution in [1.29, 1.82) is 0 Å². The van der Waals surface area contributed by atoms with Crippen LogP contribution in [0.1, 0.15) is 29.8 Å². The molecule has 1 aliphatic heterocycles. The molecule has 0 bridgehead atoms. The molecule has 0 atom stereocenters. The average Bonchev–Trinajstić information content (AvgIpc) is 2.83. The van der Waals surface area contributed by atoms with Crippen molar-refractivity contribution < 1.29 is 13.2 Å².